The Morgan fingerprint density at radius 1 is 1.29 bits per heavy atom. The normalized spacial score (nSPS) is 11.0. The van der Waals surface area contributed by atoms with Crippen LogP contribution in [-0.2, 0) is 7.05 Å². The lowest BCUT2D eigenvalue weighted by Gasteiger charge is -2.06. The summed E-state index contributed by atoms with van der Waals surface area (Å²) >= 11 is 0. The topological polar surface area (TPSA) is 65.1 Å². The standard InChI is InChI=1S/C16H14N2O3/c1-9-4-12(10(2)19)16-13(5-9)14(20)6-15(21-16)11-7-17-18(3)8-11/h4-8H,1-3H3. The van der Waals surface area contributed by atoms with Gasteiger partial charge in [-0.15, -0.1) is 0 Å². The molecule has 0 atom stereocenters. The molecule has 0 N–H and O–H groups in total. The summed E-state index contributed by atoms with van der Waals surface area (Å²) in [4.78, 5) is 24.1. The van der Waals surface area contributed by atoms with Gasteiger partial charge in [0.25, 0.3) is 0 Å². The van der Waals surface area contributed by atoms with Crippen molar-refractivity contribution in [1.29, 1.82) is 0 Å². The molecule has 2 heterocycles. The SMILES string of the molecule is CC(=O)c1cc(C)cc2c(=O)cc(-c3cnn(C)c3)oc12. The highest BCUT2D eigenvalue weighted by Gasteiger charge is 2.14. The van der Waals surface area contributed by atoms with Crippen LogP contribution in [0.3, 0.4) is 0 Å². The Bertz CT molecular complexity index is 919. The second kappa shape index (κ2) is 4.70. The third kappa shape index (κ3) is 2.27. The average Bonchev–Trinajstić information content (AvgIpc) is 2.85. The fourth-order valence-electron chi connectivity index (χ4n) is 2.35. The summed E-state index contributed by atoms with van der Waals surface area (Å²) in [5.74, 6) is 0.280. The molecule has 3 aromatic rings. The van der Waals surface area contributed by atoms with Crippen LogP contribution in [0.4, 0.5) is 0 Å². The van der Waals surface area contributed by atoms with Crippen molar-refractivity contribution in [2.45, 2.75) is 13.8 Å². The molecule has 0 radical (unpaired) electrons. The summed E-state index contributed by atoms with van der Waals surface area (Å²) in [7, 11) is 1.78. The summed E-state index contributed by atoms with van der Waals surface area (Å²) in [5.41, 5.74) is 2.15. The van der Waals surface area contributed by atoms with E-state index in [0.717, 1.165) is 5.56 Å². The Kier molecular flexibility index (Phi) is 2.97. The van der Waals surface area contributed by atoms with Gasteiger partial charge < -0.3 is 4.42 Å². The molecule has 0 aliphatic carbocycles. The van der Waals surface area contributed by atoms with E-state index in [0.29, 0.717) is 27.9 Å². The Balaban J connectivity index is 2.37. The van der Waals surface area contributed by atoms with E-state index in [4.69, 9.17) is 4.42 Å². The van der Waals surface area contributed by atoms with Gasteiger partial charge in [-0.1, -0.05) is 0 Å². The molecule has 0 saturated heterocycles. The molecule has 0 aliphatic heterocycles. The minimum atomic E-state index is -0.165. The summed E-state index contributed by atoms with van der Waals surface area (Å²) in [6, 6.07) is 4.91. The summed E-state index contributed by atoms with van der Waals surface area (Å²) in [6.45, 7) is 3.31. The van der Waals surface area contributed by atoms with Crippen LogP contribution in [0.2, 0.25) is 0 Å². The number of carbonyl (C=O) groups is 1. The van der Waals surface area contributed by atoms with Crippen LogP contribution >= 0.6 is 0 Å². The number of carbonyl (C=O) groups excluding carboxylic acids is 1. The molecule has 0 amide bonds. The number of nitrogens with zero attached hydrogens (tertiary/aromatic N) is 2. The predicted molar refractivity (Wildman–Crippen MR) is 79.4 cm³/mol. The zero-order valence-electron chi connectivity index (χ0n) is 12.0. The van der Waals surface area contributed by atoms with E-state index in [1.54, 1.807) is 36.3 Å². The zero-order chi connectivity index (χ0) is 15.1. The third-order valence-corrected chi connectivity index (χ3v) is 3.34. The number of ketones is 1. The van der Waals surface area contributed by atoms with Gasteiger partial charge in [0.05, 0.1) is 22.7 Å². The summed E-state index contributed by atoms with van der Waals surface area (Å²) in [5, 5.41) is 4.49. The van der Waals surface area contributed by atoms with Crippen LogP contribution in [0.15, 0.2) is 39.8 Å². The maximum absolute atomic E-state index is 12.3. The molecule has 0 aliphatic rings. The second-order valence-electron chi connectivity index (χ2n) is 5.12. The van der Waals surface area contributed by atoms with Crippen molar-refractivity contribution >= 4 is 16.8 Å². The molecule has 5 heteroatoms. The van der Waals surface area contributed by atoms with E-state index in [2.05, 4.69) is 5.10 Å². The molecular formula is C16H14N2O3. The molecule has 0 bridgehead atoms. The molecule has 3 rings (SSSR count). The number of hydrogen-bond donors (Lipinski definition) is 0. The molecule has 0 fully saturated rings. The van der Waals surface area contributed by atoms with Crippen LogP contribution in [0, 0.1) is 6.92 Å². The highest BCUT2D eigenvalue weighted by molar-refractivity contribution is 6.05. The van der Waals surface area contributed by atoms with Crippen molar-refractivity contribution in [3.05, 3.63) is 51.9 Å². The monoisotopic (exact) mass is 282 g/mol. The van der Waals surface area contributed by atoms with E-state index in [9.17, 15) is 9.59 Å². The van der Waals surface area contributed by atoms with Crippen LogP contribution in [0.5, 0.6) is 0 Å². The molecule has 106 valence electrons. The van der Waals surface area contributed by atoms with Crippen molar-refractivity contribution in [1.82, 2.24) is 9.78 Å². The lowest BCUT2D eigenvalue weighted by atomic mass is 10.0. The molecule has 0 saturated carbocycles. The number of benzene rings is 1. The number of aromatic nitrogens is 2. The molecule has 21 heavy (non-hydrogen) atoms. The first-order valence-corrected chi connectivity index (χ1v) is 6.54. The molecular weight excluding hydrogens is 268 g/mol. The second-order valence-corrected chi connectivity index (χ2v) is 5.12. The Morgan fingerprint density at radius 2 is 2.05 bits per heavy atom. The lowest BCUT2D eigenvalue weighted by Crippen LogP contribution is -2.04. The Labute approximate surface area is 120 Å². The first-order valence-electron chi connectivity index (χ1n) is 6.54. The van der Waals surface area contributed by atoms with Gasteiger partial charge in [-0.3, -0.25) is 14.3 Å². The molecule has 5 nitrogen and oxygen atoms in total. The maximum atomic E-state index is 12.3. The minimum absolute atomic E-state index is 0.129. The van der Waals surface area contributed by atoms with Gasteiger partial charge >= 0.3 is 0 Å². The van der Waals surface area contributed by atoms with Crippen molar-refractivity contribution in [2.75, 3.05) is 0 Å². The largest absolute Gasteiger partial charge is 0.455 e. The Hall–Kier alpha value is -2.69. The Morgan fingerprint density at radius 3 is 2.67 bits per heavy atom. The van der Waals surface area contributed by atoms with Crippen molar-refractivity contribution in [3.8, 4) is 11.3 Å². The molecule has 1 aromatic carbocycles. The number of aryl methyl sites for hydroxylation is 2. The number of rotatable bonds is 2. The van der Waals surface area contributed by atoms with Crippen LogP contribution in [0.25, 0.3) is 22.3 Å². The highest BCUT2D eigenvalue weighted by Crippen LogP contribution is 2.25. The maximum Gasteiger partial charge on any atom is 0.193 e. The first kappa shape index (κ1) is 13.3. The first-order chi connectivity index (χ1) is 9.95. The number of hydrogen-bond acceptors (Lipinski definition) is 4. The van der Waals surface area contributed by atoms with Crippen LogP contribution in [0.1, 0.15) is 22.8 Å². The third-order valence-electron chi connectivity index (χ3n) is 3.34. The minimum Gasteiger partial charge on any atom is -0.455 e. The number of Topliss-reactive ketones (excluding diaryl/α,β-unsaturated/α-hetero) is 1. The lowest BCUT2D eigenvalue weighted by molar-refractivity contribution is 0.101. The van der Waals surface area contributed by atoms with E-state index in [1.165, 1.54) is 13.0 Å². The molecule has 2 aromatic heterocycles. The summed E-state index contributed by atoms with van der Waals surface area (Å²) < 4.78 is 7.44. The van der Waals surface area contributed by atoms with Gasteiger partial charge in [-0.05, 0) is 31.5 Å². The highest BCUT2D eigenvalue weighted by atomic mass is 16.3. The van der Waals surface area contributed by atoms with Gasteiger partial charge in [0.15, 0.2) is 11.2 Å². The van der Waals surface area contributed by atoms with Gasteiger partial charge in [-0.2, -0.15) is 5.10 Å². The number of fused-ring (bicyclic) bond motifs is 1. The molecule has 0 spiro atoms. The average molecular weight is 282 g/mol. The van der Waals surface area contributed by atoms with E-state index in [-0.39, 0.29) is 11.2 Å². The van der Waals surface area contributed by atoms with Gasteiger partial charge in [0.1, 0.15) is 11.3 Å². The van der Waals surface area contributed by atoms with E-state index < -0.39 is 0 Å². The molecule has 0 unspecified atom stereocenters. The van der Waals surface area contributed by atoms with Crippen LogP contribution < -0.4 is 5.43 Å². The van der Waals surface area contributed by atoms with Crippen molar-refractivity contribution < 1.29 is 9.21 Å². The van der Waals surface area contributed by atoms with E-state index >= 15 is 0 Å². The van der Waals surface area contributed by atoms with Crippen molar-refractivity contribution in [2.24, 2.45) is 7.05 Å². The fraction of sp³-hybridized carbons (Fsp3) is 0.188. The smallest absolute Gasteiger partial charge is 0.193 e. The summed E-state index contributed by atoms with van der Waals surface area (Å²) in [6.07, 6.45) is 3.37. The van der Waals surface area contributed by atoms with Crippen LogP contribution in [-0.4, -0.2) is 15.6 Å². The quantitative estimate of drug-likeness (QED) is 0.678. The van der Waals surface area contributed by atoms with Crippen molar-refractivity contribution in [3.63, 3.8) is 0 Å². The predicted octanol–water partition coefficient (Wildman–Crippen LogP) is 2.70. The van der Waals surface area contributed by atoms with Gasteiger partial charge in [-0.25, -0.2) is 0 Å². The van der Waals surface area contributed by atoms with Gasteiger partial charge in [0, 0.05) is 19.3 Å². The fourth-order valence-corrected chi connectivity index (χ4v) is 2.35. The van der Waals surface area contributed by atoms with Gasteiger partial charge in [0.2, 0.25) is 0 Å². The van der Waals surface area contributed by atoms with E-state index in [1.807, 2.05) is 6.92 Å². The zero-order valence-corrected chi connectivity index (χ0v) is 12.0.